The maximum atomic E-state index is 11.9. The van der Waals surface area contributed by atoms with Crippen LogP contribution in [-0.2, 0) is 9.05 Å². The monoisotopic (exact) mass is 250 g/mol. The van der Waals surface area contributed by atoms with E-state index in [2.05, 4.69) is 5.32 Å². The highest BCUT2D eigenvalue weighted by molar-refractivity contribution is 8.17. The second-order valence-electron chi connectivity index (χ2n) is 2.11. The Hall–Kier alpha value is -0.760. The average molecular weight is 251 g/mol. The van der Waals surface area contributed by atoms with Gasteiger partial charge in [0.2, 0.25) is 0 Å². The lowest BCUT2D eigenvalue weighted by Gasteiger charge is -2.09. The first-order valence-electron chi connectivity index (χ1n) is 3.09. The fourth-order valence-electron chi connectivity index (χ4n) is 0.535. The maximum absolute atomic E-state index is 11.9. The zero-order valence-electron chi connectivity index (χ0n) is 6.81. The quantitative estimate of drug-likeness (QED) is 0.584. The third-order valence-corrected chi connectivity index (χ3v) is 2.41. The van der Waals surface area contributed by atoms with E-state index in [1.165, 1.54) is 7.05 Å². The molecule has 0 unspecified atom stereocenters. The predicted molar refractivity (Wildman–Crippen MR) is 45.7 cm³/mol. The van der Waals surface area contributed by atoms with Gasteiger partial charge in [-0.3, -0.25) is 5.41 Å². The normalized spacial score (nSPS) is 13.9. The van der Waals surface area contributed by atoms with E-state index in [4.69, 9.17) is 16.1 Å². The van der Waals surface area contributed by atoms with Gasteiger partial charge in [0.05, 0.1) is 0 Å². The maximum Gasteiger partial charge on any atom is 0.434 e. The predicted octanol–water partition coefficient (Wildman–Crippen LogP) is 1.20. The van der Waals surface area contributed by atoms with Crippen LogP contribution in [-0.4, -0.2) is 27.4 Å². The first-order chi connectivity index (χ1) is 6.10. The first-order valence-corrected chi connectivity index (χ1v) is 5.40. The van der Waals surface area contributed by atoms with E-state index < -0.39 is 25.8 Å². The van der Waals surface area contributed by atoms with Crippen molar-refractivity contribution >= 4 is 25.4 Å². The number of alkyl halides is 3. The minimum Gasteiger partial charge on any atom is -0.393 e. The molecule has 0 rings (SSSR count). The second kappa shape index (κ2) is 4.18. The van der Waals surface area contributed by atoms with Crippen molar-refractivity contribution in [2.75, 3.05) is 7.05 Å². The van der Waals surface area contributed by atoms with E-state index in [-0.39, 0.29) is 0 Å². The molecular weight excluding hydrogens is 245 g/mol. The second-order valence-corrected chi connectivity index (χ2v) is 4.64. The minimum absolute atomic E-state index is 0.498. The number of allylic oxidation sites excluding steroid dienone is 1. The fraction of sp³-hybridized carbons (Fsp3) is 0.400. The molecule has 0 heterocycles. The lowest BCUT2D eigenvalue weighted by molar-refractivity contribution is -0.0586. The van der Waals surface area contributed by atoms with Crippen molar-refractivity contribution in [2.45, 2.75) is 6.18 Å². The summed E-state index contributed by atoms with van der Waals surface area (Å²) in [5, 5.41) is 8.62. The van der Waals surface area contributed by atoms with Crippen LogP contribution in [0.4, 0.5) is 13.2 Å². The van der Waals surface area contributed by atoms with Crippen LogP contribution in [0.15, 0.2) is 11.1 Å². The van der Waals surface area contributed by atoms with Gasteiger partial charge in [0.15, 0.2) is 5.71 Å². The van der Waals surface area contributed by atoms with Crippen molar-refractivity contribution in [2.24, 2.45) is 0 Å². The highest BCUT2D eigenvalue weighted by atomic mass is 35.7. The van der Waals surface area contributed by atoms with Crippen LogP contribution in [0.2, 0.25) is 0 Å². The number of halogens is 4. The topological polar surface area (TPSA) is 70.0 Å². The van der Waals surface area contributed by atoms with Crippen LogP contribution in [0, 0.1) is 5.41 Å². The summed E-state index contributed by atoms with van der Waals surface area (Å²) in [5.74, 6) is 0. The summed E-state index contributed by atoms with van der Waals surface area (Å²) in [6.45, 7) is 0. The van der Waals surface area contributed by atoms with Crippen LogP contribution in [0.25, 0.3) is 0 Å². The van der Waals surface area contributed by atoms with Crippen LogP contribution in [0.5, 0.6) is 0 Å². The van der Waals surface area contributed by atoms with Gasteiger partial charge in [-0.05, 0) is 0 Å². The Kier molecular flexibility index (Phi) is 3.95. The molecule has 0 radical (unpaired) electrons. The summed E-state index contributed by atoms with van der Waals surface area (Å²) in [6, 6.07) is 0. The Morgan fingerprint density at radius 2 is 1.93 bits per heavy atom. The van der Waals surface area contributed by atoms with Gasteiger partial charge in [-0.25, -0.2) is 8.42 Å². The standard InChI is InChI=1S/C5H6ClF3N2O2S/c1-11-2-3(14(6,12)13)4(10)5(7,8)9/h2,10-11H,1H3/b3-2+,10-4?. The Morgan fingerprint density at radius 1 is 1.50 bits per heavy atom. The number of nitrogens with one attached hydrogen (secondary N) is 2. The van der Waals surface area contributed by atoms with Crippen molar-refractivity contribution in [3.8, 4) is 0 Å². The fourth-order valence-corrected chi connectivity index (χ4v) is 1.52. The Morgan fingerprint density at radius 3 is 2.14 bits per heavy atom. The zero-order valence-corrected chi connectivity index (χ0v) is 8.39. The molecule has 14 heavy (non-hydrogen) atoms. The summed E-state index contributed by atoms with van der Waals surface area (Å²) < 4.78 is 57.1. The molecule has 0 aliphatic heterocycles. The molecule has 0 saturated carbocycles. The zero-order chi connectivity index (χ0) is 11.6. The van der Waals surface area contributed by atoms with E-state index in [0.717, 1.165) is 0 Å². The molecule has 0 atom stereocenters. The molecule has 0 aromatic heterocycles. The molecule has 0 aromatic rings. The highest BCUT2D eigenvalue weighted by Gasteiger charge is 2.40. The van der Waals surface area contributed by atoms with E-state index in [9.17, 15) is 21.6 Å². The molecule has 2 N–H and O–H groups in total. The summed E-state index contributed by atoms with van der Waals surface area (Å²) in [7, 11) is 1.31. The molecule has 0 aliphatic rings. The molecular formula is C5H6ClF3N2O2S. The van der Waals surface area contributed by atoms with Crippen LogP contribution in [0.3, 0.4) is 0 Å². The van der Waals surface area contributed by atoms with Crippen LogP contribution >= 0.6 is 10.7 Å². The lowest BCUT2D eigenvalue weighted by Crippen LogP contribution is -2.27. The Labute approximate surface area is 82.7 Å². The van der Waals surface area contributed by atoms with E-state index in [1.54, 1.807) is 0 Å². The van der Waals surface area contributed by atoms with Crippen LogP contribution < -0.4 is 5.32 Å². The third kappa shape index (κ3) is 3.54. The molecule has 9 heteroatoms. The lowest BCUT2D eigenvalue weighted by atomic mass is 10.3. The first kappa shape index (κ1) is 13.2. The molecule has 0 amide bonds. The number of hydrogen-bond acceptors (Lipinski definition) is 4. The molecule has 4 nitrogen and oxygen atoms in total. The van der Waals surface area contributed by atoms with E-state index in [1.807, 2.05) is 0 Å². The molecule has 0 aromatic carbocycles. The van der Waals surface area contributed by atoms with Crippen molar-refractivity contribution in [1.29, 1.82) is 5.41 Å². The summed E-state index contributed by atoms with van der Waals surface area (Å²) in [5.41, 5.74) is -2.01. The molecule has 0 aliphatic carbocycles. The molecule has 0 fully saturated rings. The summed E-state index contributed by atoms with van der Waals surface area (Å²) >= 11 is 0. The van der Waals surface area contributed by atoms with Gasteiger partial charge in [-0.2, -0.15) is 13.2 Å². The Balaban J connectivity index is 5.30. The van der Waals surface area contributed by atoms with Crippen LogP contribution in [0.1, 0.15) is 0 Å². The van der Waals surface area contributed by atoms with Gasteiger partial charge in [0.25, 0.3) is 9.05 Å². The summed E-state index contributed by atoms with van der Waals surface area (Å²) in [6.07, 6.45) is -4.55. The third-order valence-electron chi connectivity index (χ3n) is 1.07. The molecule has 0 bridgehead atoms. The van der Waals surface area contributed by atoms with Gasteiger partial charge < -0.3 is 5.32 Å². The molecule has 0 saturated heterocycles. The van der Waals surface area contributed by atoms with Crippen molar-refractivity contribution in [3.05, 3.63) is 11.1 Å². The van der Waals surface area contributed by atoms with E-state index >= 15 is 0 Å². The van der Waals surface area contributed by atoms with Gasteiger partial charge in [-0.15, -0.1) is 0 Å². The number of rotatable bonds is 3. The van der Waals surface area contributed by atoms with Gasteiger partial charge in [-0.1, -0.05) is 0 Å². The van der Waals surface area contributed by atoms with Gasteiger partial charge in [0.1, 0.15) is 4.91 Å². The largest absolute Gasteiger partial charge is 0.434 e. The SMILES string of the molecule is CN/C=C(\C(=N)C(F)(F)F)S(=O)(=O)Cl. The minimum atomic E-state index is -5.05. The smallest absolute Gasteiger partial charge is 0.393 e. The summed E-state index contributed by atoms with van der Waals surface area (Å²) in [4.78, 5) is -1.31. The van der Waals surface area contributed by atoms with E-state index in [0.29, 0.717) is 6.20 Å². The molecule has 82 valence electrons. The Bertz CT molecular complexity index is 360. The molecule has 0 spiro atoms. The van der Waals surface area contributed by atoms with Crippen molar-refractivity contribution < 1.29 is 21.6 Å². The van der Waals surface area contributed by atoms with Gasteiger partial charge >= 0.3 is 6.18 Å². The number of hydrogen-bond donors (Lipinski definition) is 2. The highest BCUT2D eigenvalue weighted by Crippen LogP contribution is 2.25. The van der Waals surface area contributed by atoms with Crippen molar-refractivity contribution in [3.63, 3.8) is 0 Å². The van der Waals surface area contributed by atoms with Gasteiger partial charge in [0, 0.05) is 23.9 Å². The average Bonchev–Trinajstić information content (AvgIpc) is 1.94. The van der Waals surface area contributed by atoms with Crippen molar-refractivity contribution in [1.82, 2.24) is 5.32 Å².